The zero-order valence-electron chi connectivity index (χ0n) is 12.2. The second-order valence-corrected chi connectivity index (χ2v) is 5.65. The molecule has 0 heterocycles. The summed E-state index contributed by atoms with van der Waals surface area (Å²) in [6.07, 6.45) is 4.79. The number of aryl methyl sites for hydroxylation is 1. The molecule has 0 saturated heterocycles. The third-order valence-corrected chi connectivity index (χ3v) is 4.10. The smallest absolute Gasteiger partial charge is 0.271 e. The first-order valence-corrected chi connectivity index (χ1v) is 7.30. The normalized spacial score (nSPS) is 22.4. The van der Waals surface area contributed by atoms with Crippen LogP contribution in [0.1, 0.15) is 37.7 Å². The molecule has 1 amide bonds. The summed E-state index contributed by atoms with van der Waals surface area (Å²) in [6.45, 7) is 1.81. The van der Waals surface area contributed by atoms with Crippen LogP contribution in [-0.4, -0.2) is 16.9 Å². The number of nitrogens with zero attached hydrogens (tertiary/aromatic N) is 1. The molecule has 1 aliphatic rings. The van der Waals surface area contributed by atoms with Gasteiger partial charge in [0.05, 0.1) is 16.5 Å². The molecular weight excluding hydrogens is 270 g/mol. The van der Waals surface area contributed by atoms with E-state index in [9.17, 15) is 14.9 Å². The number of benzene rings is 1. The number of nitro benzene ring substituents is 1. The minimum Gasteiger partial charge on any atom is -0.327 e. The van der Waals surface area contributed by atoms with Crippen molar-refractivity contribution in [2.24, 2.45) is 11.7 Å². The number of carbonyl (C=O) groups excluding carboxylic acids is 1. The molecular formula is C15H21N3O3. The first-order valence-electron chi connectivity index (χ1n) is 7.30. The highest BCUT2D eigenvalue weighted by atomic mass is 16.6. The second kappa shape index (κ2) is 6.67. The van der Waals surface area contributed by atoms with Crippen molar-refractivity contribution in [1.82, 2.24) is 0 Å². The van der Waals surface area contributed by atoms with E-state index in [1.54, 1.807) is 6.07 Å². The summed E-state index contributed by atoms with van der Waals surface area (Å²) >= 11 is 0. The minimum absolute atomic E-state index is 0.0268. The van der Waals surface area contributed by atoms with Crippen LogP contribution in [-0.2, 0) is 4.79 Å². The molecule has 1 aromatic rings. The summed E-state index contributed by atoms with van der Waals surface area (Å²) in [6, 6.07) is 4.34. The van der Waals surface area contributed by atoms with Crippen LogP contribution >= 0.6 is 0 Å². The Balaban J connectivity index is 2.14. The molecule has 2 unspecified atom stereocenters. The van der Waals surface area contributed by atoms with Gasteiger partial charge >= 0.3 is 0 Å². The zero-order valence-corrected chi connectivity index (χ0v) is 12.2. The number of non-ortho nitro benzene ring substituents is 1. The van der Waals surface area contributed by atoms with Gasteiger partial charge in [-0.1, -0.05) is 25.3 Å². The number of hydrogen-bond acceptors (Lipinski definition) is 4. The van der Waals surface area contributed by atoms with Gasteiger partial charge in [0.2, 0.25) is 5.91 Å². The van der Waals surface area contributed by atoms with Crippen molar-refractivity contribution in [3.05, 3.63) is 33.9 Å². The van der Waals surface area contributed by atoms with Gasteiger partial charge in [0, 0.05) is 18.2 Å². The highest BCUT2D eigenvalue weighted by molar-refractivity contribution is 5.94. The number of carbonyl (C=O) groups is 1. The van der Waals surface area contributed by atoms with Gasteiger partial charge in [-0.25, -0.2) is 0 Å². The molecule has 0 bridgehead atoms. The molecule has 1 aromatic carbocycles. The Morgan fingerprint density at radius 1 is 1.33 bits per heavy atom. The summed E-state index contributed by atoms with van der Waals surface area (Å²) < 4.78 is 0. The van der Waals surface area contributed by atoms with E-state index in [0.717, 1.165) is 37.7 Å². The Kier molecular flexibility index (Phi) is 4.90. The van der Waals surface area contributed by atoms with Gasteiger partial charge < -0.3 is 11.1 Å². The number of anilines is 1. The Morgan fingerprint density at radius 2 is 2.05 bits per heavy atom. The van der Waals surface area contributed by atoms with Crippen LogP contribution in [0.4, 0.5) is 11.4 Å². The number of amides is 1. The van der Waals surface area contributed by atoms with Crippen LogP contribution in [0.2, 0.25) is 0 Å². The summed E-state index contributed by atoms with van der Waals surface area (Å²) in [4.78, 5) is 22.8. The predicted molar refractivity (Wildman–Crippen MR) is 81.0 cm³/mol. The van der Waals surface area contributed by atoms with Crippen LogP contribution in [0.5, 0.6) is 0 Å². The van der Waals surface area contributed by atoms with Crippen molar-refractivity contribution in [3.63, 3.8) is 0 Å². The molecule has 0 spiro atoms. The van der Waals surface area contributed by atoms with Crippen molar-refractivity contribution < 1.29 is 9.72 Å². The van der Waals surface area contributed by atoms with Gasteiger partial charge in [0.15, 0.2) is 0 Å². The van der Waals surface area contributed by atoms with Gasteiger partial charge in [-0.15, -0.1) is 0 Å². The fraction of sp³-hybridized carbons (Fsp3) is 0.533. The van der Waals surface area contributed by atoms with E-state index in [0.29, 0.717) is 5.69 Å². The Labute approximate surface area is 123 Å². The van der Waals surface area contributed by atoms with Crippen molar-refractivity contribution in [1.29, 1.82) is 0 Å². The van der Waals surface area contributed by atoms with E-state index in [1.165, 1.54) is 12.1 Å². The fourth-order valence-corrected chi connectivity index (χ4v) is 2.75. The molecule has 1 fully saturated rings. The number of hydrogen-bond donors (Lipinski definition) is 2. The quantitative estimate of drug-likeness (QED) is 0.508. The second-order valence-electron chi connectivity index (χ2n) is 5.65. The first kappa shape index (κ1) is 15.4. The molecule has 114 valence electrons. The number of nitrogens with two attached hydrogens (primary N) is 1. The van der Waals surface area contributed by atoms with E-state index in [2.05, 4.69) is 5.32 Å². The van der Waals surface area contributed by atoms with Crippen molar-refractivity contribution >= 4 is 17.3 Å². The van der Waals surface area contributed by atoms with Crippen molar-refractivity contribution in [2.45, 2.75) is 45.1 Å². The van der Waals surface area contributed by atoms with E-state index in [4.69, 9.17) is 5.73 Å². The number of nitro groups is 1. The lowest BCUT2D eigenvalue weighted by atomic mass is 9.94. The Morgan fingerprint density at radius 3 is 2.76 bits per heavy atom. The predicted octanol–water partition coefficient (Wildman–Crippen LogP) is 2.75. The highest BCUT2D eigenvalue weighted by Crippen LogP contribution is 2.26. The monoisotopic (exact) mass is 291 g/mol. The van der Waals surface area contributed by atoms with Crippen LogP contribution in [0, 0.1) is 23.0 Å². The molecule has 3 N–H and O–H groups in total. The summed E-state index contributed by atoms with van der Waals surface area (Å²) in [5.74, 6) is -0.348. The van der Waals surface area contributed by atoms with Gasteiger partial charge in [0.25, 0.3) is 5.69 Å². The molecule has 1 saturated carbocycles. The molecule has 0 radical (unpaired) electrons. The summed E-state index contributed by atoms with van der Waals surface area (Å²) in [5, 5.41) is 13.6. The Bertz CT molecular complexity index is 545. The molecule has 0 aromatic heterocycles. The third kappa shape index (κ3) is 3.78. The Hall–Kier alpha value is -1.95. The van der Waals surface area contributed by atoms with Crippen LogP contribution < -0.4 is 11.1 Å². The van der Waals surface area contributed by atoms with Gasteiger partial charge in [-0.3, -0.25) is 14.9 Å². The maximum atomic E-state index is 12.4. The van der Waals surface area contributed by atoms with Crippen LogP contribution in [0.3, 0.4) is 0 Å². The SMILES string of the molecule is Cc1ccc([N+](=O)[O-])cc1NC(=O)C1CCCCCC1N. The van der Waals surface area contributed by atoms with E-state index in [-0.39, 0.29) is 23.6 Å². The molecule has 6 heteroatoms. The molecule has 2 atom stereocenters. The molecule has 1 aliphatic carbocycles. The zero-order chi connectivity index (χ0) is 15.4. The van der Waals surface area contributed by atoms with Crippen molar-refractivity contribution in [3.8, 4) is 0 Å². The van der Waals surface area contributed by atoms with E-state index < -0.39 is 4.92 Å². The van der Waals surface area contributed by atoms with E-state index in [1.807, 2.05) is 6.92 Å². The standard InChI is InChI=1S/C15H21N3O3/c1-10-7-8-11(18(20)21)9-14(10)17-15(19)12-5-3-2-4-6-13(12)16/h7-9,12-13H,2-6,16H2,1H3,(H,17,19). The maximum absolute atomic E-state index is 12.4. The van der Waals surface area contributed by atoms with Gasteiger partial charge in [-0.05, 0) is 25.3 Å². The maximum Gasteiger partial charge on any atom is 0.271 e. The molecule has 6 nitrogen and oxygen atoms in total. The van der Waals surface area contributed by atoms with Crippen molar-refractivity contribution in [2.75, 3.05) is 5.32 Å². The molecule has 2 rings (SSSR count). The number of rotatable bonds is 3. The first-order chi connectivity index (χ1) is 9.99. The third-order valence-electron chi connectivity index (χ3n) is 4.10. The average molecular weight is 291 g/mol. The molecule has 21 heavy (non-hydrogen) atoms. The van der Waals surface area contributed by atoms with Gasteiger partial charge in [0.1, 0.15) is 0 Å². The fourth-order valence-electron chi connectivity index (χ4n) is 2.75. The highest BCUT2D eigenvalue weighted by Gasteiger charge is 2.27. The lowest BCUT2D eigenvalue weighted by Crippen LogP contribution is -2.37. The van der Waals surface area contributed by atoms with E-state index >= 15 is 0 Å². The lowest BCUT2D eigenvalue weighted by Gasteiger charge is -2.21. The lowest BCUT2D eigenvalue weighted by molar-refractivity contribution is -0.384. The summed E-state index contributed by atoms with van der Waals surface area (Å²) in [7, 11) is 0. The summed E-state index contributed by atoms with van der Waals surface area (Å²) in [5.41, 5.74) is 7.35. The van der Waals surface area contributed by atoms with Crippen LogP contribution in [0.15, 0.2) is 18.2 Å². The topological polar surface area (TPSA) is 98.3 Å². The average Bonchev–Trinajstić information content (AvgIpc) is 2.65. The van der Waals surface area contributed by atoms with Gasteiger partial charge in [-0.2, -0.15) is 0 Å². The van der Waals surface area contributed by atoms with Crippen LogP contribution in [0.25, 0.3) is 0 Å². The largest absolute Gasteiger partial charge is 0.327 e. The molecule has 0 aliphatic heterocycles. The number of nitrogens with one attached hydrogen (secondary N) is 1. The minimum atomic E-state index is -0.466.